The molecular formula is C90H103N7O16. The Hall–Kier alpha value is -11.5. The van der Waals surface area contributed by atoms with Crippen molar-refractivity contribution in [3.63, 3.8) is 0 Å². The number of hydrogen-bond acceptors (Lipinski definition) is 19. The normalized spacial score (nSPS) is 11.4. The molecule has 6 N–H and O–H groups in total. The SMILES string of the molecule is CCCCCCCCCCCCN.CCCCCCCCCCCCn1c(=O)c2cc3c(=O)n(-c4ccc(Oc5ccc(-n6c(=O)c7cc8c(=O)n(CCCCCCCCCCCC)c(=O)c8cc7c6=O)cc5)cc4)c(=O)c3cc2c1=O.Nc1ccc(Oc2ccc(N)cc2)cc1.O=c1oc(=O)c2cc3c(=O)oc(=O)c3cc12. The quantitative estimate of drug-likeness (QED) is 0.0239. The molecule has 0 aliphatic rings. The number of benzene rings is 7. The molecule has 23 nitrogen and oxygen atoms in total. The molecule has 0 radical (unpaired) electrons. The zero-order valence-electron chi connectivity index (χ0n) is 65.1. The fourth-order valence-corrected chi connectivity index (χ4v) is 14.4. The van der Waals surface area contributed by atoms with Crippen molar-refractivity contribution < 1.29 is 18.3 Å². The molecule has 113 heavy (non-hydrogen) atoms. The van der Waals surface area contributed by atoms with Crippen LogP contribution < -0.4 is 93.7 Å². The second kappa shape index (κ2) is 41.2. The Morgan fingerprint density at radius 3 is 0.699 bits per heavy atom. The summed E-state index contributed by atoms with van der Waals surface area (Å²) in [6, 6.07) is 34.8. The molecule has 0 atom stereocenters. The number of hydrogen-bond donors (Lipinski definition) is 3. The Balaban J connectivity index is 0.000000244. The van der Waals surface area contributed by atoms with Crippen LogP contribution in [0.5, 0.6) is 23.0 Å². The molecule has 0 saturated carbocycles. The minimum absolute atomic E-state index is 0.0181. The van der Waals surface area contributed by atoms with E-state index in [1.807, 2.05) is 24.3 Å². The average Bonchev–Trinajstić information content (AvgIpc) is 1.59. The van der Waals surface area contributed by atoms with Crippen molar-refractivity contribution in [2.45, 2.75) is 226 Å². The Bertz CT molecular complexity index is 5410. The monoisotopic (exact) mass is 1540 g/mol. The average molecular weight is 1540 g/mol. The lowest BCUT2D eigenvalue weighted by atomic mass is 10.1. The molecule has 0 aliphatic heterocycles. The van der Waals surface area contributed by atoms with Crippen LogP contribution in [0.4, 0.5) is 11.4 Å². The molecule has 0 bridgehead atoms. The van der Waals surface area contributed by atoms with E-state index >= 15 is 0 Å². The molecule has 0 aliphatic carbocycles. The summed E-state index contributed by atoms with van der Waals surface area (Å²) in [4.78, 5) is 153. The van der Waals surface area contributed by atoms with E-state index in [4.69, 9.17) is 26.7 Å². The number of anilines is 2. The highest BCUT2D eigenvalue weighted by Gasteiger charge is 2.24. The van der Waals surface area contributed by atoms with Crippen LogP contribution in [0.2, 0.25) is 0 Å². The van der Waals surface area contributed by atoms with E-state index in [2.05, 4.69) is 29.6 Å². The maximum atomic E-state index is 13.7. The fraction of sp³-hybridized carbons (Fsp3) is 0.400. The molecule has 7 aromatic carbocycles. The number of rotatable bonds is 38. The van der Waals surface area contributed by atoms with Gasteiger partial charge in [0, 0.05) is 24.5 Å². The number of nitrogens with zero attached hydrogens (tertiary/aromatic N) is 4. The standard InChI is InChI=1S/C56H62N4O9.C12H12N2O.C12H27N.C10H2O6/c1-3-5-7-9-11-13-15-17-19-21-31-57-49(61)41-33-45-46(34-42(41)50(57)62)54(66)59(53(45)65)37-23-27-39(28-24-37)69-40-29-25-38(26-30-40)60-55(67)47-35-43-44(36-48(47)56(60)68)52(64)58(51(43)63)32-22-20-18-16-14-12-10-8-6-4-2;13-9-1-5-11(6-2-9)15-12-7-3-10(14)4-8-12;1-2-3-4-5-6-7-8-9-10-11-12-13;11-7-3-1-4-6(10(14)16-8(4)12)2-5(3)9(13)15-7/h23-30,33-36H,3-22,31-32H2,1-2H3;1-8H,13-14H2;2-13H2,1H3;1-2H. The van der Waals surface area contributed by atoms with E-state index in [-0.39, 0.29) is 76.0 Å². The maximum Gasteiger partial charge on any atom is 0.346 e. The van der Waals surface area contributed by atoms with Crippen molar-refractivity contribution in [1.29, 1.82) is 0 Å². The molecule has 0 saturated heterocycles. The summed E-state index contributed by atoms with van der Waals surface area (Å²) >= 11 is 0. The molecule has 6 aromatic heterocycles. The van der Waals surface area contributed by atoms with Crippen molar-refractivity contribution in [2.75, 3.05) is 18.0 Å². The first-order chi connectivity index (χ1) is 54.8. The van der Waals surface area contributed by atoms with Crippen LogP contribution in [-0.2, 0) is 13.1 Å². The number of nitrogen functional groups attached to an aromatic ring is 2. The van der Waals surface area contributed by atoms with E-state index < -0.39 is 67.0 Å². The van der Waals surface area contributed by atoms with Gasteiger partial charge in [0.25, 0.3) is 44.5 Å². The van der Waals surface area contributed by atoms with Crippen LogP contribution in [0.25, 0.3) is 76.0 Å². The molecule has 594 valence electrons. The zero-order chi connectivity index (χ0) is 80.5. The summed E-state index contributed by atoms with van der Waals surface area (Å²) in [6.07, 6.45) is 36.5. The topological polar surface area (TPSA) is 347 Å². The van der Waals surface area contributed by atoms with Gasteiger partial charge < -0.3 is 35.5 Å². The Kier molecular flexibility index (Phi) is 30.6. The van der Waals surface area contributed by atoms with Crippen molar-refractivity contribution in [1.82, 2.24) is 18.3 Å². The van der Waals surface area contributed by atoms with Gasteiger partial charge in [0.15, 0.2) is 0 Å². The van der Waals surface area contributed by atoms with Gasteiger partial charge in [-0.1, -0.05) is 194 Å². The van der Waals surface area contributed by atoms with Gasteiger partial charge in [-0.05, 0) is 159 Å². The van der Waals surface area contributed by atoms with E-state index in [0.717, 1.165) is 89.2 Å². The molecule has 0 fully saturated rings. The van der Waals surface area contributed by atoms with Gasteiger partial charge in [-0.2, -0.15) is 0 Å². The number of ether oxygens (including phenoxy) is 2. The van der Waals surface area contributed by atoms with Gasteiger partial charge in [0.2, 0.25) is 0 Å². The lowest BCUT2D eigenvalue weighted by Gasteiger charge is -2.08. The number of fused-ring (bicyclic) bond motifs is 6. The molecule has 0 amide bonds. The highest BCUT2D eigenvalue weighted by Crippen LogP contribution is 2.27. The Labute approximate surface area is 651 Å². The zero-order valence-corrected chi connectivity index (χ0v) is 65.1. The van der Waals surface area contributed by atoms with Gasteiger partial charge in [-0.3, -0.25) is 47.5 Å². The first-order valence-corrected chi connectivity index (χ1v) is 40.3. The van der Waals surface area contributed by atoms with E-state index in [0.29, 0.717) is 37.4 Å². The van der Waals surface area contributed by atoms with Crippen LogP contribution in [-0.4, -0.2) is 24.8 Å². The van der Waals surface area contributed by atoms with Crippen LogP contribution in [0, 0.1) is 0 Å². The van der Waals surface area contributed by atoms with Crippen molar-refractivity contribution in [3.8, 4) is 34.4 Å². The first-order valence-electron chi connectivity index (χ1n) is 40.3. The van der Waals surface area contributed by atoms with Gasteiger partial charge in [-0.15, -0.1) is 0 Å². The summed E-state index contributed by atoms with van der Waals surface area (Å²) in [6.45, 7) is 8.14. The third-order valence-corrected chi connectivity index (χ3v) is 20.8. The predicted molar refractivity (Wildman–Crippen MR) is 452 cm³/mol. The maximum absolute atomic E-state index is 13.7. The molecule has 13 rings (SSSR count). The smallest absolute Gasteiger partial charge is 0.346 e. The van der Waals surface area contributed by atoms with Crippen LogP contribution in [0.1, 0.15) is 213 Å². The number of unbranched alkanes of at least 4 members (excludes halogenated alkanes) is 27. The minimum atomic E-state index is -0.824. The fourth-order valence-electron chi connectivity index (χ4n) is 14.4. The highest BCUT2D eigenvalue weighted by molar-refractivity contribution is 6.00. The molecule has 0 unspecified atom stereocenters. The molecular weight excluding hydrogens is 1440 g/mol. The predicted octanol–water partition coefficient (Wildman–Crippen LogP) is 15.8. The van der Waals surface area contributed by atoms with Crippen molar-refractivity contribution in [2.24, 2.45) is 5.73 Å². The van der Waals surface area contributed by atoms with Gasteiger partial charge in [-0.25, -0.2) is 28.3 Å². The summed E-state index contributed by atoms with van der Waals surface area (Å²) in [5.41, 5.74) is 11.0. The highest BCUT2D eigenvalue weighted by atomic mass is 16.5. The number of furan rings is 2. The third kappa shape index (κ3) is 21.2. The van der Waals surface area contributed by atoms with Crippen LogP contribution >= 0.6 is 0 Å². The summed E-state index contributed by atoms with van der Waals surface area (Å²) in [5, 5.41) is 0.690. The third-order valence-electron chi connectivity index (χ3n) is 20.8. The van der Waals surface area contributed by atoms with E-state index in [1.165, 1.54) is 175 Å². The van der Waals surface area contributed by atoms with Crippen molar-refractivity contribution >= 4 is 76.0 Å². The molecule has 13 aromatic rings. The molecule has 23 heteroatoms. The lowest BCUT2D eigenvalue weighted by Crippen LogP contribution is -2.25. The lowest BCUT2D eigenvalue weighted by molar-refractivity contribution is 0.482. The second-order valence-electron chi connectivity index (χ2n) is 29.3. The van der Waals surface area contributed by atoms with E-state index in [1.54, 1.807) is 72.8 Å². The Morgan fingerprint density at radius 1 is 0.257 bits per heavy atom. The summed E-state index contributed by atoms with van der Waals surface area (Å²) in [5.74, 6) is 2.25. The molecule has 6 heterocycles. The number of nitrogens with two attached hydrogens (primary N) is 3. The van der Waals surface area contributed by atoms with Crippen LogP contribution in [0.3, 0.4) is 0 Å². The summed E-state index contributed by atoms with van der Waals surface area (Å²) < 4.78 is 24.7. The molecule has 0 spiro atoms. The van der Waals surface area contributed by atoms with Gasteiger partial charge in [0.05, 0.1) is 76.0 Å². The van der Waals surface area contributed by atoms with Gasteiger partial charge in [0.1, 0.15) is 23.0 Å². The Morgan fingerprint density at radius 2 is 0.460 bits per heavy atom. The van der Waals surface area contributed by atoms with Crippen LogP contribution in [0.15, 0.2) is 200 Å². The largest absolute Gasteiger partial charge is 0.457 e. The van der Waals surface area contributed by atoms with Crippen molar-refractivity contribution in [3.05, 3.63) is 258 Å². The van der Waals surface area contributed by atoms with Gasteiger partial charge >= 0.3 is 22.5 Å². The second-order valence-corrected chi connectivity index (χ2v) is 29.3. The van der Waals surface area contributed by atoms with E-state index in [9.17, 15) is 57.5 Å². The minimum Gasteiger partial charge on any atom is -0.457 e. The summed E-state index contributed by atoms with van der Waals surface area (Å²) in [7, 11) is 0. The first kappa shape index (κ1) is 84.0. The number of aromatic nitrogens is 4.